The molecule has 0 unspecified atom stereocenters. The summed E-state index contributed by atoms with van der Waals surface area (Å²) in [7, 11) is 0. The number of aliphatic hydroxyl groups is 1. The molecule has 1 heterocycles. The minimum atomic E-state index is -0.896. The van der Waals surface area contributed by atoms with Gasteiger partial charge in [0.15, 0.2) is 0 Å². The Kier molecular flexibility index (Phi) is 3.35. The predicted octanol–water partition coefficient (Wildman–Crippen LogP) is 1.58. The van der Waals surface area contributed by atoms with E-state index < -0.39 is 5.60 Å². The highest BCUT2D eigenvalue weighted by Gasteiger charge is 2.17. The van der Waals surface area contributed by atoms with Gasteiger partial charge in [-0.25, -0.2) is 0 Å². The molecule has 74 valence electrons. The molecule has 2 atom stereocenters. The molecule has 0 bridgehead atoms. The number of hydrogen-bond donors (Lipinski definition) is 1. The van der Waals surface area contributed by atoms with Gasteiger partial charge in [-0.3, -0.25) is 0 Å². The van der Waals surface area contributed by atoms with Crippen LogP contribution in [0.1, 0.15) is 33.6 Å². The first-order valence-electron chi connectivity index (χ1n) is 4.84. The molecule has 0 aromatic heterocycles. The minimum Gasteiger partial charge on any atom is -0.378 e. The third kappa shape index (κ3) is 4.31. The molecule has 1 rings (SSSR count). The van der Waals surface area contributed by atoms with Gasteiger partial charge in [-0.2, -0.15) is 0 Å². The molecule has 1 fully saturated rings. The van der Waals surface area contributed by atoms with Gasteiger partial charge in [-0.15, -0.1) is 0 Å². The predicted molar refractivity (Wildman–Crippen MR) is 52.2 cm³/mol. The molecule has 1 N–H and O–H groups in total. The first kappa shape index (κ1) is 10.6. The molecule has 0 aromatic rings. The maximum atomic E-state index is 9.37. The van der Waals surface area contributed by atoms with Crippen molar-refractivity contribution in [3.63, 3.8) is 0 Å². The monoisotopic (exact) mass is 182 g/mol. The van der Waals surface area contributed by atoms with Crippen LogP contribution in [0.4, 0.5) is 0 Å². The maximum absolute atomic E-state index is 9.37. The van der Waals surface area contributed by atoms with Gasteiger partial charge < -0.3 is 9.84 Å². The lowest BCUT2D eigenvalue weighted by Crippen LogP contribution is -2.24. The first-order valence-corrected chi connectivity index (χ1v) is 4.84. The Labute approximate surface area is 80.3 Å². The van der Waals surface area contributed by atoms with Crippen LogP contribution in [0.2, 0.25) is 0 Å². The molecule has 0 aromatic carbocycles. The van der Waals surface area contributed by atoms with E-state index in [9.17, 15) is 5.11 Å². The average Bonchev–Trinajstić information content (AvgIpc) is 2.02. The van der Waals surface area contributed by atoms with E-state index >= 15 is 0 Å². The SMILES string of the molecule is C[C@@H]1CC[C@H](C#CC(C)(C)O)OC1. The molecule has 2 nitrogen and oxygen atoms in total. The second kappa shape index (κ2) is 4.13. The Hall–Kier alpha value is -0.520. The smallest absolute Gasteiger partial charge is 0.120 e. The second-order valence-corrected chi connectivity index (χ2v) is 4.33. The molecule has 0 radical (unpaired) electrons. The summed E-state index contributed by atoms with van der Waals surface area (Å²) in [6.45, 7) is 6.35. The van der Waals surface area contributed by atoms with Crippen molar-refractivity contribution in [3.8, 4) is 11.8 Å². The second-order valence-electron chi connectivity index (χ2n) is 4.33. The largest absolute Gasteiger partial charge is 0.378 e. The first-order chi connectivity index (χ1) is 5.97. The molecule has 1 saturated heterocycles. The Morgan fingerprint density at radius 2 is 2.08 bits per heavy atom. The summed E-state index contributed by atoms with van der Waals surface area (Å²) in [4.78, 5) is 0. The molecule has 0 amide bonds. The lowest BCUT2D eigenvalue weighted by molar-refractivity contribution is 0.0213. The van der Waals surface area contributed by atoms with E-state index in [1.807, 2.05) is 0 Å². The van der Waals surface area contributed by atoms with Crippen molar-refractivity contribution in [2.45, 2.75) is 45.3 Å². The van der Waals surface area contributed by atoms with E-state index in [2.05, 4.69) is 18.8 Å². The van der Waals surface area contributed by atoms with Crippen LogP contribution in [0, 0.1) is 17.8 Å². The summed E-state index contributed by atoms with van der Waals surface area (Å²) >= 11 is 0. The van der Waals surface area contributed by atoms with Crippen molar-refractivity contribution in [2.75, 3.05) is 6.61 Å². The van der Waals surface area contributed by atoms with Gasteiger partial charge in [-0.1, -0.05) is 18.8 Å². The normalized spacial score (nSPS) is 29.2. The molecule has 1 aliphatic heterocycles. The van der Waals surface area contributed by atoms with Crippen molar-refractivity contribution in [3.05, 3.63) is 0 Å². The van der Waals surface area contributed by atoms with Gasteiger partial charge in [0.05, 0.1) is 6.61 Å². The molecular weight excluding hydrogens is 164 g/mol. The summed E-state index contributed by atoms with van der Waals surface area (Å²) in [5.41, 5.74) is -0.896. The Balaban J connectivity index is 2.41. The van der Waals surface area contributed by atoms with E-state index in [1.165, 1.54) is 6.42 Å². The summed E-state index contributed by atoms with van der Waals surface area (Å²) in [6, 6.07) is 0. The highest BCUT2D eigenvalue weighted by molar-refractivity contribution is 5.14. The lowest BCUT2D eigenvalue weighted by atomic mass is 10.00. The average molecular weight is 182 g/mol. The van der Waals surface area contributed by atoms with Crippen LogP contribution in [0.15, 0.2) is 0 Å². The van der Waals surface area contributed by atoms with E-state index in [0.29, 0.717) is 5.92 Å². The van der Waals surface area contributed by atoms with Gasteiger partial charge in [0.25, 0.3) is 0 Å². The summed E-state index contributed by atoms with van der Waals surface area (Å²) in [5.74, 6) is 6.40. The lowest BCUT2D eigenvalue weighted by Gasteiger charge is -2.23. The van der Waals surface area contributed by atoms with Crippen molar-refractivity contribution < 1.29 is 9.84 Å². The quantitative estimate of drug-likeness (QED) is 0.576. The van der Waals surface area contributed by atoms with Crippen molar-refractivity contribution >= 4 is 0 Å². The van der Waals surface area contributed by atoms with E-state index in [1.54, 1.807) is 13.8 Å². The molecule has 0 spiro atoms. The Bertz CT molecular complexity index is 208. The highest BCUT2D eigenvalue weighted by Crippen LogP contribution is 2.17. The van der Waals surface area contributed by atoms with Crippen LogP contribution < -0.4 is 0 Å². The standard InChI is InChI=1S/C11H18O2/c1-9-4-5-10(13-8-9)6-7-11(2,3)12/h9-10,12H,4-5,8H2,1-3H3/t9-,10-/m1/s1. The van der Waals surface area contributed by atoms with Gasteiger partial charge in [0, 0.05) is 0 Å². The third-order valence-corrected chi connectivity index (χ3v) is 2.04. The fraction of sp³-hybridized carbons (Fsp3) is 0.818. The third-order valence-electron chi connectivity index (χ3n) is 2.04. The van der Waals surface area contributed by atoms with E-state index in [-0.39, 0.29) is 6.10 Å². The van der Waals surface area contributed by atoms with Crippen LogP contribution in [-0.4, -0.2) is 23.4 Å². The van der Waals surface area contributed by atoms with Gasteiger partial charge in [-0.05, 0) is 32.6 Å². The number of rotatable bonds is 0. The fourth-order valence-corrected chi connectivity index (χ4v) is 1.25. The van der Waals surface area contributed by atoms with Crippen LogP contribution in [0.25, 0.3) is 0 Å². The molecular formula is C11H18O2. The van der Waals surface area contributed by atoms with Crippen LogP contribution in [-0.2, 0) is 4.74 Å². The Morgan fingerprint density at radius 1 is 1.38 bits per heavy atom. The number of ether oxygens (including phenoxy) is 1. The highest BCUT2D eigenvalue weighted by atomic mass is 16.5. The van der Waals surface area contributed by atoms with Gasteiger partial charge >= 0.3 is 0 Å². The van der Waals surface area contributed by atoms with E-state index in [4.69, 9.17) is 4.74 Å². The fourth-order valence-electron chi connectivity index (χ4n) is 1.25. The zero-order chi connectivity index (χ0) is 9.90. The topological polar surface area (TPSA) is 29.5 Å². The molecule has 0 aliphatic carbocycles. The van der Waals surface area contributed by atoms with E-state index in [0.717, 1.165) is 13.0 Å². The van der Waals surface area contributed by atoms with Crippen LogP contribution >= 0.6 is 0 Å². The molecule has 13 heavy (non-hydrogen) atoms. The van der Waals surface area contributed by atoms with Crippen LogP contribution in [0.5, 0.6) is 0 Å². The summed E-state index contributed by atoms with van der Waals surface area (Å²) in [5, 5.41) is 9.37. The molecule has 1 aliphatic rings. The minimum absolute atomic E-state index is 0.0302. The number of hydrogen-bond acceptors (Lipinski definition) is 2. The zero-order valence-corrected chi connectivity index (χ0v) is 8.63. The Morgan fingerprint density at radius 3 is 2.54 bits per heavy atom. The molecule has 0 saturated carbocycles. The van der Waals surface area contributed by atoms with Crippen molar-refractivity contribution in [1.29, 1.82) is 0 Å². The summed E-state index contributed by atoms with van der Waals surface area (Å²) in [6.07, 6.45) is 2.19. The van der Waals surface area contributed by atoms with Crippen molar-refractivity contribution in [1.82, 2.24) is 0 Å². The maximum Gasteiger partial charge on any atom is 0.120 e. The zero-order valence-electron chi connectivity index (χ0n) is 8.63. The molecule has 2 heteroatoms. The van der Waals surface area contributed by atoms with Gasteiger partial charge in [0.2, 0.25) is 0 Å². The summed E-state index contributed by atoms with van der Waals surface area (Å²) < 4.78 is 5.50. The van der Waals surface area contributed by atoms with Crippen LogP contribution in [0.3, 0.4) is 0 Å². The van der Waals surface area contributed by atoms with Gasteiger partial charge in [0.1, 0.15) is 11.7 Å². The van der Waals surface area contributed by atoms with Crippen molar-refractivity contribution in [2.24, 2.45) is 5.92 Å².